The Labute approximate surface area is 138 Å². The van der Waals surface area contributed by atoms with Gasteiger partial charge in [0.25, 0.3) is 0 Å². The van der Waals surface area contributed by atoms with E-state index in [1.807, 2.05) is 0 Å². The van der Waals surface area contributed by atoms with E-state index in [0.717, 1.165) is 30.7 Å². The van der Waals surface area contributed by atoms with Crippen molar-refractivity contribution in [2.75, 3.05) is 31.7 Å². The summed E-state index contributed by atoms with van der Waals surface area (Å²) in [7, 11) is 1.75. The van der Waals surface area contributed by atoms with Gasteiger partial charge in [-0.1, -0.05) is 19.9 Å². The number of rotatable bonds is 9. The van der Waals surface area contributed by atoms with Crippen LogP contribution in [-0.2, 0) is 11.3 Å². The Kier molecular flexibility index (Phi) is 8.30. The molecule has 0 radical (unpaired) electrons. The maximum Gasteiger partial charge on any atom is 0.0663 e. The summed E-state index contributed by atoms with van der Waals surface area (Å²) in [6.07, 6.45) is 0. The number of hydrogen-bond donors (Lipinski definition) is 1. The molecule has 0 aliphatic rings. The number of nitrogens with zero attached hydrogens (tertiary/aromatic N) is 1. The summed E-state index contributed by atoms with van der Waals surface area (Å²) in [6, 6.07) is 6.98. The van der Waals surface area contributed by atoms with E-state index in [1.165, 1.54) is 11.3 Å². The fourth-order valence-electron chi connectivity index (χ4n) is 2.45. The van der Waals surface area contributed by atoms with Crippen LogP contribution in [0, 0.1) is 5.92 Å². The van der Waals surface area contributed by atoms with Gasteiger partial charge in [0, 0.05) is 30.7 Å². The third-order valence-corrected chi connectivity index (χ3v) is 4.12. The predicted molar refractivity (Wildman–Crippen MR) is 95.0 cm³/mol. The highest BCUT2D eigenvalue weighted by Gasteiger charge is 2.15. The summed E-state index contributed by atoms with van der Waals surface area (Å²) < 4.78 is 6.43. The van der Waals surface area contributed by atoms with E-state index in [2.05, 4.69) is 72.0 Å². The van der Waals surface area contributed by atoms with E-state index in [4.69, 9.17) is 4.74 Å². The largest absolute Gasteiger partial charge is 0.383 e. The number of methoxy groups -OCH3 is 1. The zero-order chi connectivity index (χ0) is 15.8. The lowest BCUT2D eigenvalue weighted by molar-refractivity contribution is 0.182. The topological polar surface area (TPSA) is 24.5 Å². The average molecular weight is 357 g/mol. The van der Waals surface area contributed by atoms with Crippen LogP contribution in [0.25, 0.3) is 0 Å². The van der Waals surface area contributed by atoms with Crippen molar-refractivity contribution in [3.05, 3.63) is 28.2 Å². The Hall–Kier alpha value is -0.580. The molecule has 1 rings (SSSR count). The SMILES string of the molecule is CCN(c1ccc(CNCC(C)C)cc1Br)C(C)COC. The van der Waals surface area contributed by atoms with Gasteiger partial charge in [-0.15, -0.1) is 0 Å². The minimum absolute atomic E-state index is 0.362. The summed E-state index contributed by atoms with van der Waals surface area (Å²) >= 11 is 3.72. The van der Waals surface area contributed by atoms with Gasteiger partial charge in [0.15, 0.2) is 0 Å². The quantitative estimate of drug-likeness (QED) is 0.721. The molecule has 0 heterocycles. The Bertz CT molecular complexity index is 423. The molecule has 1 atom stereocenters. The first kappa shape index (κ1) is 18.5. The van der Waals surface area contributed by atoms with Crippen molar-refractivity contribution >= 4 is 21.6 Å². The molecule has 1 aromatic rings. The van der Waals surface area contributed by atoms with Crippen molar-refractivity contribution in [1.29, 1.82) is 0 Å². The van der Waals surface area contributed by atoms with E-state index in [9.17, 15) is 0 Å². The number of likely N-dealkylation sites (N-methyl/N-ethyl adjacent to an activating group) is 1. The fraction of sp³-hybridized carbons (Fsp3) is 0.647. The molecule has 120 valence electrons. The number of benzene rings is 1. The van der Waals surface area contributed by atoms with Crippen LogP contribution in [0.2, 0.25) is 0 Å². The lowest BCUT2D eigenvalue weighted by Gasteiger charge is -2.30. The van der Waals surface area contributed by atoms with E-state index in [1.54, 1.807) is 7.11 Å². The van der Waals surface area contributed by atoms with Gasteiger partial charge < -0.3 is 15.0 Å². The van der Waals surface area contributed by atoms with Gasteiger partial charge >= 0.3 is 0 Å². The van der Waals surface area contributed by atoms with E-state index < -0.39 is 0 Å². The van der Waals surface area contributed by atoms with Gasteiger partial charge in [0.1, 0.15) is 0 Å². The fourth-order valence-corrected chi connectivity index (χ4v) is 3.10. The van der Waals surface area contributed by atoms with Gasteiger partial charge in [-0.3, -0.25) is 0 Å². The average Bonchev–Trinajstić information content (AvgIpc) is 2.42. The summed E-state index contributed by atoms with van der Waals surface area (Å²) in [5.41, 5.74) is 2.54. The van der Waals surface area contributed by atoms with Crippen LogP contribution < -0.4 is 10.2 Å². The van der Waals surface area contributed by atoms with Gasteiger partial charge in [0.2, 0.25) is 0 Å². The molecule has 0 bridgehead atoms. The van der Waals surface area contributed by atoms with Gasteiger partial charge in [0.05, 0.1) is 12.3 Å². The first-order valence-corrected chi connectivity index (χ1v) is 8.53. The smallest absolute Gasteiger partial charge is 0.0663 e. The van der Waals surface area contributed by atoms with E-state index >= 15 is 0 Å². The van der Waals surface area contributed by atoms with E-state index in [-0.39, 0.29) is 0 Å². The minimum atomic E-state index is 0.362. The molecule has 0 saturated carbocycles. The zero-order valence-electron chi connectivity index (χ0n) is 13.9. The molecule has 4 heteroatoms. The predicted octanol–water partition coefficient (Wildman–Crippen LogP) is 4.06. The van der Waals surface area contributed by atoms with Crippen LogP contribution in [0.5, 0.6) is 0 Å². The summed E-state index contributed by atoms with van der Waals surface area (Å²) in [6.45, 7) is 12.5. The van der Waals surface area contributed by atoms with Crippen LogP contribution in [-0.4, -0.2) is 32.8 Å². The Morgan fingerprint density at radius 2 is 2.00 bits per heavy atom. The van der Waals surface area contributed by atoms with Crippen molar-refractivity contribution in [3.8, 4) is 0 Å². The standard InChI is InChI=1S/C17H29BrN2O/c1-6-20(14(4)12-21-5)17-8-7-15(9-16(17)18)11-19-10-13(2)3/h7-9,13-14,19H,6,10-12H2,1-5H3. The number of ether oxygens (including phenoxy) is 1. The second kappa shape index (κ2) is 9.44. The maximum absolute atomic E-state index is 5.28. The molecular formula is C17H29BrN2O. The lowest BCUT2D eigenvalue weighted by atomic mass is 10.1. The normalized spacial score (nSPS) is 12.7. The number of nitrogens with one attached hydrogen (secondary N) is 1. The summed E-state index contributed by atoms with van der Waals surface area (Å²) in [4.78, 5) is 2.36. The molecule has 0 aliphatic heterocycles. The Morgan fingerprint density at radius 1 is 1.29 bits per heavy atom. The summed E-state index contributed by atoms with van der Waals surface area (Å²) in [5.74, 6) is 0.679. The molecule has 1 N–H and O–H groups in total. The first-order chi connectivity index (χ1) is 9.99. The van der Waals surface area contributed by atoms with Crippen LogP contribution in [0.15, 0.2) is 22.7 Å². The van der Waals surface area contributed by atoms with Gasteiger partial charge in [-0.05, 0) is 59.9 Å². The monoisotopic (exact) mass is 356 g/mol. The molecular weight excluding hydrogens is 328 g/mol. The Morgan fingerprint density at radius 3 is 2.52 bits per heavy atom. The number of anilines is 1. The van der Waals surface area contributed by atoms with Crippen LogP contribution in [0.3, 0.4) is 0 Å². The second-order valence-electron chi connectivity index (χ2n) is 5.90. The third kappa shape index (κ3) is 5.97. The van der Waals surface area contributed by atoms with Crippen molar-refractivity contribution in [2.45, 2.75) is 40.3 Å². The molecule has 21 heavy (non-hydrogen) atoms. The molecule has 1 unspecified atom stereocenters. The molecule has 0 amide bonds. The van der Waals surface area contributed by atoms with Crippen LogP contribution in [0.4, 0.5) is 5.69 Å². The molecule has 0 spiro atoms. The van der Waals surface area contributed by atoms with Gasteiger partial charge in [-0.25, -0.2) is 0 Å². The van der Waals surface area contributed by atoms with Crippen LogP contribution in [0.1, 0.15) is 33.3 Å². The summed E-state index contributed by atoms with van der Waals surface area (Å²) in [5, 5.41) is 3.48. The molecule has 0 aromatic heterocycles. The maximum atomic E-state index is 5.28. The van der Waals surface area contributed by atoms with Crippen molar-refractivity contribution in [2.24, 2.45) is 5.92 Å². The first-order valence-electron chi connectivity index (χ1n) is 7.74. The molecule has 1 aromatic carbocycles. The van der Waals surface area contributed by atoms with Crippen molar-refractivity contribution in [3.63, 3.8) is 0 Å². The Balaban J connectivity index is 2.76. The van der Waals surface area contributed by atoms with Crippen molar-refractivity contribution in [1.82, 2.24) is 5.32 Å². The number of hydrogen-bond acceptors (Lipinski definition) is 3. The third-order valence-electron chi connectivity index (χ3n) is 3.48. The molecule has 0 fully saturated rings. The van der Waals surface area contributed by atoms with E-state index in [0.29, 0.717) is 12.0 Å². The highest BCUT2D eigenvalue weighted by molar-refractivity contribution is 9.10. The molecule has 3 nitrogen and oxygen atoms in total. The highest BCUT2D eigenvalue weighted by Crippen LogP contribution is 2.28. The lowest BCUT2D eigenvalue weighted by Crippen LogP contribution is -2.36. The number of halogens is 1. The minimum Gasteiger partial charge on any atom is -0.383 e. The second-order valence-corrected chi connectivity index (χ2v) is 6.76. The van der Waals surface area contributed by atoms with Gasteiger partial charge in [-0.2, -0.15) is 0 Å². The van der Waals surface area contributed by atoms with Crippen molar-refractivity contribution < 1.29 is 4.74 Å². The molecule has 0 aliphatic carbocycles. The van der Waals surface area contributed by atoms with Crippen LogP contribution >= 0.6 is 15.9 Å². The highest BCUT2D eigenvalue weighted by atomic mass is 79.9. The molecule has 0 saturated heterocycles. The zero-order valence-corrected chi connectivity index (χ0v) is 15.5.